The Morgan fingerprint density at radius 1 is 0.632 bits per heavy atom. The van der Waals surface area contributed by atoms with Crippen molar-refractivity contribution >= 4 is 11.9 Å². The molecule has 8 heteroatoms. The molecule has 0 amide bonds. The van der Waals surface area contributed by atoms with Gasteiger partial charge < -0.3 is 28.8 Å². The Kier molecular flexibility index (Phi) is 26.5. The van der Waals surface area contributed by atoms with Gasteiger partial charge in [-0.05, 0) is 39.5 Å². The van der Waals surface area contributed by atoms with Crippen LogP contribution in [-0.4, -0.2) is 69.1 Å². The topological polar surface area (TPSA) is 101 Å². The largest absolute Gasteiger partial charge is 0.481 e. The molecule has 0 aliphatic rings. The summed E-state index contributed by atoms with van der Waals surface area (Å²) in [6.07, 6.45) is 13.6. The predicted octanol–water partition coefficient (Wildman–Crippen LogP) is 6.92. The molecule has 3 unspecified atom stereocenters. The van der Waals surface area contributed by atoms with Gasteiger partial charge >= 0.3 is 11.9 Å². The second-order valence-corrected chi connectivity index (χ2v) is 10.1. The average Bonchev–Trinajstić information content (AvgIpc) is 2.88. The Bertz CT molecular complexity index is 542. The van der Waals surface area contributed by atoms with Gasteiger partial charge in [-0.1, -0.05) is 78.1 Å². The number of aliphatic carboxylic acids is 1. The van der Waals surface area contributed by atoms with E-state index in [1.54, 1.807) is 6.92 Å². The van der Waals surface area contributed by atoms with Gasteiger partial charge in [-0.25, -0.2) is 0 Å². The first-order valence-corrected chi connectivity index (χ1v) is 15.2. The Morgan fingerprint density at radius 2 is 1.16 bits per heavy atom. The van der Waals surface area contributed by atoms with E-state index < -0.39 is 12.3 Å². The molecule has 0 bridgehead atoms. The molecular weight excluding hydrogens is 488 g/mol. The average molecular weight is 547 g/mol. The van der Waals surface area contributed by atoms with Gasteiger partial charge in [0.25, 0.3) is 0 Å². The second kappa shape index (κ2) is 27.4. The zero-order valence-corrected chi connectivity index (χ0v) is 24.9. The van der Waals surface area contributed by atoms with Crippen LogP contribution >= 0.6 is 0 Å². The lowest BCUT2D eigenvalue weighted by atomic mass is 9.95. The van der Waals surface area contributed by atoms with Crippen molar-refractivity contribution < 1.29 is 38.4 Å². The SMILES string of the molecule is CCCCCCOCCOC(C)OC(=O)C(CCCCCCCC(=O)O)C(C)OCCOCCCCCC. The van der Waals surface area contributed by atoms with E-state index in [2.05, 4.69) is 13.8 Å². The maximum atomic E-state index is 13.0. The third kappa shape index (κ3) is 23.9. The van der Waals surface area contributed by atoms with E-state index >= 15 is 0 Å². The molecule has 8 nitrogen and oxygen atoms in total. The number of ether oxygens (including phenoxy) is 5. The van der Waals surface area contributed by atoms with E-state index in [-0.39, 0.29) is 24.4 Å². The van der Waals surface area contributed by atoms with Crippen molar-refractivity contribution in [3.63, 3.8) is 0 Å². The summed E-state index contributed by atoms with van der Waals surface area (Å²) in [7, 11) is 0. The zero-order chi connectivity index (χ0) is 28.3. The van der Waals surface area contributed by atoms with Gasteiger partial charge in [0.1, 0.15) is 0 Å². The van der Waals surface area contributed by atoms with E-state index in [1.165, 1.54) is 38.5 Å². The van der Waals surface area contributed by atoms with Gasteiger partial charge in [0.2, 0.25) is 0 Å². The Morgan fingerprint density at radius 3 is 1.74 bits per heavy atom. The molecule has 0 radical (unpaired) electrons. The van der Waals surface area contributed by atoms with Crippen LogP contribution in [0.4, 0.5) is 0 Å². The minimum atomic E-state index is -0.751. The van der Waals surface area contributed by atoms with Crippen LogP contribution in [0.1, 0.15) is 124 Å². The number of carbonyl (C=O) groups excluding carboxylic acids is 1. The summed E-state index contributed by atoms with van der Waals surface area (Å²) in [5, 5.41) is 8.76. The summed E-state index contributed by atoms with van der Waals surface area (Å²) >= 11 is 0. The van der Waals surface area contributed by atoms with Gasteiger partial charge in [-0.2, -0.15) is 0 Å². The number of unbranched alkanes of at least 4 members (excludes halogenated alkanes) is 10. The summed E-state index contributed by atoms with van der Waals surface area (Å²) in [6, 6.07) is 0. The van der Waals surface area contributed by atoms with Crippen molar-refractivity contribution in [3.05, 3.63) is 0 Å². The van der Waals surface area contributed by atoms with E-state index in [0.717, 1.165) is 51.7 Å². The second-order valence-electron chi connectivity index (χ2n) is 10.1. The molecule has 226 valence electrons. The van der Waals surface area contributed by atoms with Crippen molar-refractivity contribution in [1.29, 1.82) is 0 Å². The minimum Gasteiger partial charge on any atom is -0.481 e. The predicted molar refractivity (Wildman–Crippen MR) is 150 cm³/mol. The Balaban J connectivity index is 4.41. The van der Waals surface area contributed by atoms with Crippen LogP contribution in [0.25, 0.3) is 0 Å². The summed E-state index contributed by atoms with van der Waals surface area (Å²) < 4.78 is 28.5. The van der Waals surface area contributed by atoms with Crippen molar-refractivity contribution in [1.82, 2.24) is 0 Å². The minimum absolute atomic E-state index is 0.211. The van der Waals surface area contributed by atoms with Crippen LogP contribution in [0.15, 0.2) is 0 Å². The Labute approximate surface area is 232 Å². The van der Waals surface area contributed by atoms with Gasteiger partial charge in [0.05, 0.1) is 38.4 Å². The molecule has 0 aliphatic carbocycles. The number of carbonyl (C=O) groups is 2. The molecule has 0 saturated heterocycles. The zero-order valence-electron chi connectivity index (χ0n) is 24.9. The monoisotopic (exact) mass is 546 g/mol. The van der Waals surface area contributed by atoms with Crippen LogP contribution < -0.4 is 0 Å². The van der Waals surface area contributed by atoms with Crippen LogP contribution in [0.2, 0.25) is 0 Å². The van der Waals surface area contributed by atoms with Crippen molar-refractivity contribution in [2.24, 2.45) is 5.92 Å². The van der Waals surface area contributed by atoms with Gasteiger partial charge in [0, 0.05) is 19.6 Å². The highest BCUT2D eigenvalue weighted by atomic mass is 16.7. The van der Waals surface area contributed by atoms with Crippen molar-refractivity contribution in [2.45, 2.75) is 136 Å². The number of hydrogen-bond acceptors (Lipinski definition) is 7. The van der Waals surface area contributed by atoms with Gasteiger partial charge in [-0.15, -0.1) is 0 Å². The fourth-order valence-electron chi connectivity index (χ4n) is 4.15. The molecule has 0 rings (SSSR count). The molecule has 0 heterocycles. The van der Waals surface area contributed by atoms with Crippen LogP contribution in [0.3, 0.4) is 0 Å². The smallest absolute Gasteiger partial charge is 0.313 e. The van der Waals surface area contributed by atoms with Crippen LogP contribution in [-0.2, 0) is 33.3 Å². The fraction of sp³-hybridized carbons (Fsp3) is 0.933. The lowest BCUT2D eigenvalue weighted by Gasteiger charge is -2.25. The maximum absolute atomic E-state index is 13.0. The number of carboxylic acids is 1. The molecule has 0 aliphatic heterocycles. The summed E-state index contributed by atoms with van der Waals surface area (Å²) in [5.41, 5.74) is 0. The van der Waals surface area contributed by atoms with E-state index in [1.807, 2.05) is 6.92 Å². The maximum Gasteiger partial charge on any atom is 0.313 e. The number of rotatable bonds is 29. The lowest BCUT2D eigenvalue weighted by Crippen LogP contribution is -2.33. The summed E-state index contributed by atoms with van der Waals surface area (Å²) in [4.78, 5) is 23.7. The first-order valence-electron chi connectivity index (χ1n) is 15.2. The summed E-state index contributed by atoms with van der Waals surface area (Å²) in [6.45, 7) is 11.3. The lowest BCUT2D eigenvalue weighted by molar-refractivity contribution is -0.186. The first-order chi connectivity index (χ1) is 18.4. The fourth-order valence-corrected chi connectivity index (χ4v) is 4.15. The molecule has 38 heavy (non-hydrogen) atoms. The number of esters is 1. The highest BCUT2D eigenvalue weighted by Gasteiger charge is 2.28. The molecule has 0 spiro atoms. The highest BCUT2D eigenvalue weighted by Crippen LogP contribution is 2.20. The molecule has 0 aromatic rings. The molecule has 0 saturated carbocycles. The standard InChI is InChI=1S/C30H58O8/c1-5-7-9-16-20-34-22-24-36-26(3)28(18-14-12-11-13-15-19-29(31)32)30(33)38-27(4)37-25-23-35-21-17-10-8-6-2/h26-28H,5-25H2,1-4H3,(H,31,32). The molecule has 3 atom stereocenters. The quantitative estimate of drug-likeness (QED) is 0.0613. The molecular formula is C30H58O8. The highest BCUT2D eigenvalue weighted by molar-refractivity contribution is 5.73. The normalized spacial score (nSPS) is 13.8. The number of hydrogen-bond donors (Lipinski definition) is 1. The summed E-state index contributed by atoms with van der Waals surface area (Å²) in [5.74, 6) is -1.45. The van der Waals surface area contributed by atoms with E-state index in [4.69, 9.17) is 28.8 Å². The van der Waals surface area contributed by atoms with Crippen molar-refractivity contribution in [2.75, 3.05) is 39.6 Å². The van der Waals surface area contributed by atoms with E-state index in [0.29, 0.717) is 39.3 Å². The van der Waals surface area contributed by atoms with E-state index in [9.17, 15) is 9.59 Å². The van der Waals surface area contributed by atoms with Crippen molar-refractivity contribution in [3.8, 4) is 0 Å². The van der Waals surface area contributed by atoms with Gasteiger partial charge in [0.15, 0.2) is 6.29 Å². The molecule has 0 aromatic heterocycles. The third-order valence-corrected chi connectivity index (χ3v) is 6.53. The first kappa shape index (κ1) is 36.8. The molecule has 0 fully saturated rings. The van der Waals surface area contributed by atoms with Gasteiger partial charge in [-0.3, -0.25) is 9.59 Å². The van der Waals surface area contributed by atoms with Crippen LogP contribution in [0.5, 0.6) is 0 Å². The molecule has 0 aromatic carbocycles. The Hall–Kier alpha value is -1.22. The third-order valence-electron chi connectivity index (χ3n) is 6.53. The van der Waals surface area contributed by atoms with Crippen LogP contribution in [0, 0.1) is 5.92 Å². The number of carboxylic acid groups (broad SMARTS) is 1. The molecule has 1 N–H and O–H groups in total.